The maximum Gasteiger partial charge on any atom is 0.282 e. The predicted octanol–water partition coefficient (Wildman–Crippen LogP) is 4.66. The molecule has 2 aromatic carbocycles. The molecule has 0 unspecified atom stereocenters. The van der Waals surface area contributed by atoms with Crippen molar-refractivity contribution in [1.82, 2.24) is 9.66 Å². The number of benzene rings is 2. The Morgan fingerprint density at radius 3 is 2.61 bits per heavy atom. The van der Waals surface area contributed by atoms with Crippen molar-refractivity contribution >= 4 is 44.6 Å². The van der Waals surface area contributed by atoms with Crippen molar-refractivity contribution in [2.75, 3.05) is 14.2 Å². The molecule has 0 saturated heterocycles. The highest BCUT2D eigenvalue weighted by Gasteiger charge is 2.12. The van der Waals surface area contributed by atoms with Gasteiger partial charge in [-0.2, -0.15) is 9.78 Å². The van der Waals surface area contributed by atoms with Crippen LogP contribution in [0.15, 0.2) is 44.7 Å². The smallest absolute Gasteiger partial charge is 0.282 e. The van der Waals surface area contributed by atoms with Gasteiger partial charge in [0.2, 0.25) is 0 Å². The first-order valence-electron chi connectivity index (χ1n) is 8.65. The zero-order valence-electron chi connectivity index (χ0n) is 15.7. The summed E-state index contributed by atoms with van der Waals surface area (Å²) in [6, 6.07) is 8.78. The summed E-state index contributed by atoms with van der Waals surface area (Å²) < 4.78 is 12.7. The highest BCUT2D eigenvalue weighted by molar-refractivity contribution is 9.10. The van der Waals surface area contributed by atoms with Crippen molar-refractivity contribution in [1.29, 1.82) is 0 Å². The first-order valence-corrected chi connectivity index (χ1v) is 9.82. The van der Waals surface area contributed by atoms with E-state index in [1.165, 1.54) is 18.0 Å². The minimum Gasteiger partial charge on any atom is -0.493 e. The zero-order chi connectivity index (χ0) is 20.3. The van der Waals surface area contributed by atoms with Gasteiger partial charge in [-0.25, -0.2) is 4.98 Å². The number of rotatable bonds is 6. The summed E-state index contributed by atoms with van der Waals surface area (Å²) in [5.74, 6) is 1.64. The second-order valence-corrected chi connectivity index (χ2v) is 7.35. The van der Waals surface area contributed by atoms with Gasteiger partial charge >= 0.3 is 0 Å². The first-order chi connectivity index (χ1) is 13.5. The van der Waals surface area contributed by atoms with Crippen molar-refractivity contribution in [3.05, 3.63) is 61.6 Å². The Labute approximate surface area is 175 Å². The number of methoxy groups -OCH3 is 2. The van der Waals surface area contributed by atoms with Crippen LogP contribution in [0.25, 0.3) is 10.9 Å². The van der Waals surface area contributed by atoms with Gasteiger partial charge in [0.05, 0.1) is 36.4 Å². The quantitative estimate of drug-likeness (QED) is 0.498. The van der Waals surface area contributed by atoms with Crippen LogP contribution in [0.1, 0.15) is 24.7 Å². The van der Waals surface area contributed by atoms with Crippen molar-refractivity contribution in [2.45, 2.75) is 19.8 Å². The van der Waals surface area contributed by atoms with E-state index in [0.29, 0.717) is 45.2 Å². The molecule has 1 aromatic heterocycles. The van der Waals surface area contributed by atoms with Crippen LogP contribution >= 0.6 is 27.5 Å². The van der Waals surface area contributed by atoms with Crippen molar-refractivity contribution in [3.63, 3.8) is 0 Å². The summed E-state index contributed by atoms with van der Waals surface area (Å²) in [4.78, 5) is 17.6. The molecule has 0 spiro atoms. The molecule has 0 amide bonds. The summed E-state index contributed by atoms with van der Waals surface area (Å²) in [5.41, 5.74) is 1.01. The summed E-state index contributed by atoms with van der Waals surface area (Å²) in [6.45, 7) is 2.02. The summed E-state index contributed by atoms with van der Waals surface area (Å²) in [5, 5.41) is 5.31. The monoisotopic (exact) mass is 463 g/mol. The third kappa shape index (κ3) is 4.05. The lowest BCUT2D eigenvalue weighted by molar-refractivity contribution is 0.355. The Kier molecular flexibility index (Phi) is 6.36. The van der Waals surface area contributed by atoms with Gasteiger partial charge in [-0.05, 0) is 30.7 Å². The number of aryl methyl sites for hydroxylation is 1. The number of ether oxygens (including phenoxy) is 2. The van der Waals surface area contributed by atoms with E-state index in [1.807, 2.05) is 19.1 Å². The van der Waals surface area contributed by atoms with Gasteiger partial charge in [0.25, 0.3) is 5.56 Å². The standard InChI is InChI=1S/C20H19BrClN3O3/c1-4-5-19-24-16-7-6-13(21)9-14(16)20(26)25(19)23-11-12-8-17(27-2)18(28-3)10-15(12)22/h6-11H,4-5H2,1-3H3. The van der Waals surface area contributed by atoms with Crippen molar-refractivity contribution in [2.24, 2.45) is 5.10 Å². The molecule has 146 valence electrons. The molecular formula is C20H19BrClN3O3. The van der Waals surface area contributed by atoms with E-state index in [-0.39, 0.29) is 5.56 Å². The molecule has 0 radical (unpaired) electrons. The first kappa shape index (κ1) is 20.4. The van der Waals surface area contributed by atoms with Crippen LogP contribution in [-0.4, -0.2) is 30.1 Å². The van der Waals surface area contributed by atoms with Crippen LogP contribution < -0.4 is 15.0 Å². The van der Waals surface area contributed by atoms with E-state index in [9.17, 15) is 4.79 Å². The fraction of sp³-hybridized carbons (Fsp3) is 0.250. The van der Waals surface area contributed by atoms with Gasteiger partial charge in [-0.1, -0.05) is 34.5 Å². The van der Waals surface area contributed by atoms with E-state index in [4.69, 9.17) is 21.1 Å². The minimum absolute atomic E-state index is 0.234. The highest BCUT2D eigenvalue weighted by Crippen LogP contribution is 2.32. The van der Waals surface area contributed by atoms with Crippen LogP contribution in [0.3, 0.4) is 0 Å². The van der Waals surface area contributed by atoms with Gasteiger partial charge in [-0.3, -0.25) is 4.79 Å². The Balaban J connectivity index is 2.14. The van der Waals surface area contributed by atoms with Crippen molar-refractivity contribution in [3.8, 4) is 11.5 Å². The minimum atomic E-state index is -0.234. The largest absolute Gasteiger partial charge is 0.493 e. The Bertz CT molecular complexity index is 1110. The molecule has 3 rings (SSSR count). The molecular weight excluding hydrogens is 446 g/mol. The number of nitrogens with zero attached hydrogens (tertiary/aromatic N) is 3. The second-order valence-electron chi connectivity index (χ2n) is 6.03. The third-order valence-corrected chi connectivity index (χ3v) is 4.98. The average molecular weight is 465 g/mol. The van der Waals surface area contributed by atoms with Gasteiger partial charge in [0.1, 0.15) is 5.82 Å². The van der Waals surface area contributed by atoms with Crippen LogP contribution in [0.5, 0.6) is 11.5 Å². The number of aromatic nitrogens is 2. The van der Waals surface area contributed by atoms with E-state index in [0.717, 1.165) is 10.9 Å². The Morgan fingerprint density at radius 1 is 1.21 bits per heavy atom. The van der Waals surface area contributed by atoms with Crippen LogP contribution in [0.4, 0.5) is 0 Å². The van der Waals surface area contributed by atoms with E-state index in [1.54, 1.807) is 25.3 Å². The Morgan fingerprint density at radius 2 is 1.93 bits per heavy atom. The molecule has 0 saturated carbocycles. The molecule has 8 heteroatoms. The summed E-state index contributed by atoms with van der Waals surface area (Å²) >= 11 is 9.72. The maximum absolute atomic E-state index is 13.0. The second kappa shape index (κ2) is 8.75. The lowest BCUT2D eigenvalue weighted by Crippen LogP contribution is -2.22. The van der Waals surface area contributed by atoms with Crippen LogP contribution in [0.2, 0.25) is 5.02 Å². The molecule has 0 N–H and O–H groups in total. The zero-order valence-corrected chi connectivity index (χ0v) is 18.0. The normalized spacial score (nSPS) is 11.3. The maximum atomic E-state index is 13.0. The Hall–Kier alpha value is -2.38. The number of halogens is 2. The van der Waals surface area contributed by atoms with Gasteiger partial charge < -0.3 is 9.47 Å². The topological polar surface area (TPSA) is 65.7 Å². The average Bonchev–Trinajstić information content (AvgIpc) is 2.69. The van der Waals surface area contributed by atoms with Gasteiger partial charge in [0, 0.05) is 22.5 Å². The third-order valence-electron chi connectivity index (χ3n) is 4.16. The van der Waals surface area contributed by atoms with Crippen LogP contribution in [0, 0.1) is 0 Å². The lowest BCUT2D eigenvalue weighted by atomic mass is 10.2. The molecule has 1 heterocycles. The van der Waals surface area contributed by atoms with Gasteiger partial charge in [0.15, 0.2) is 11.5 Å². The van der Waals surface area contributed by atoms with E-state index in [2.05, 4.69) is 26.0 Å². The number of hydrogen-bond donors (Lipinski definition) is 0. The van der Waals surface area contributed by atoms with Crippen LogP contribution in [-0.2, 0) is 6.42 Å². The molecule has 0 aliphatic carbocycles. The summed E-state index contributed by atoms with van der Waals surface area (Å²) in [6.07, 6.45) is 2.98. The van der Waals surface area contributed by atoms with Crippen molar-refractivity contribution < 1.29 is 9.47 Å². The predicted molar refractivity (Wildman–Crippen MR) is 115 cm³/mol. The molecule has 0 bridgehead atoms. The molecule has 0 aliphatic heterocycles. The molecule has 0 aliphatic rings. The molecule has 0 fully saturated rings. The lowest BCUT2D eigenvalue weighted by Gasteiger charge is -2.10. The molecule has 0 atom stereocenters. The molecule has 6 nitrogen and oxygen atoms in total. The van der Waals surface area contributed by atoms with E-state index >= 15 is 0 Å². The molecule has 3 aromatic rings. The van der Waals surface area contributed by atoms with E-state index < -0.39 is 0 Å². The number of hydrogen-bond acceptors (Lipinski definition) is 5. The fourth-order valence-electron chi connectivity index (χ4n) is 2.79. The summed E-state index contributed by atoms with van der Waals surface area (Å²) in [7, 11) is 3.08. The fourth-order valence-corrected chi connectivity index (χ4v) is 3.35. The van der Waals surface area contributed by atoms with Gasteiger partial charge in [-0.15, -0.1) is 0 Å². The molecule has 28 heavy (non-hydrogen) atoms. The number of fused-ring (bicyclic) bond motifs is 1. The highest BCUT2D eigenvalue weighted by atomic mass is 79.9. The SMILES string of the molecule is CCCc1nc2ccc(Br)cc2c(=O)n1N=Cc1cc(OC)c(OC)cc1Cl.